The van der Waals surface area contributed by atoms with Crippen molar-refractivity contribution in [2.45, 2.75) is 0 Å². The smallest absolute Gasteiger partial charge is 0.339 e. The maximum absolute atomic E-state index is 10.7. The summed E-state index contributed by atoms with van der Waals surface area (Å²) in [6.45, 7) is 0. The first-order valence-corrected chi connectivity index (χ1v) is 3.59. The summed E-state index contributed by atoms with van der Waals surface area (Å²) in [5.74, 6) is -1.04. The van der Waals surface area contributed by atoms with Crippen LogP contribution in [-0.2, 0) is 0 Å². The van der Waals surface area contributed by atoms with Gasteiger partial charge in [0, 0.05) is 6.20 Å². The molecule has 5 heteroatoms. The fourth-order valence-corrected chi connectivity index (χ4v) is 1.05. The van der Waals surface area contributed by atoms with E-state index in [1.54, 1.807) is 12.1 Å². The Bertz CT molecular complexity index is 464. The summed E-state index contributed by atoms with van der Waals surface area (Å²) >= 11 is 0. The van der Waals surface area contributed by atoms with E-state index in [1.165, 1.54) is 12.4 Å². The molecule has 0 saturated carbocycles. The number of hydrogen-bond acceptors (Lipinski definition) is 4. The number of aromatic carboxylic acids is 1. The van der Waals surface area contributed by atoms with Crippen molar-refractivity contribution in [3.05, 3.63) is 30.1 Å². The molecule has 64 valence electrons. The third kappa shape index (κ3) is 1.20. The molecular formula is C8H5N3O2. The highest BCUT2D eigenvalue weighted by molar-refractivity contribution is 5.99. The highest BCUT2D eigenvalue weighted by Gasteiger charge is 2.09. The van der Waals surface area contributed by atoms with Gasteiger partial charge in [0.05, 0.1) is 6.20 Å². The third-order valence-corrected chi connectivity index (χ3v) is 1.62. The first-order valence-electron chi connectivity index (χ1n) is 3.59. The summed E-state index contributed by atoms with van der Waals surface area (Å²) in [5.41, 5.74) is 0.929. The molecule has 13 heavy (non-hydrogen) atoms. The van der Waals surface area contributed by atoms with Gasteiger partial charge in [-0.25, -0.2) is 4.79 Å². The van der Waals surface area contributed by atoms with Gasteiger partial charge < -0.3 is 5.11 Å². The Kier molecular flexibility index (Phi) is 1.63. The fraction of sp³-hybridized carbons (Fsp3) is 0. The van der Waals surface area contributed by atoms with Crippen molar-refractivity contribution in [3.8, 4) is 0 Å². The number of carboxylic acid groups (broad SMARTS) is 1. The largest absolute Gasteiger partial charge is 0.478 e. The Morgan fingerprint density at radius 3 is 3.08 bits per heavy atom. The molecule has 0 saturated heterocycles. The van der Waals surface area contributed by atoms with Crippen molar-refractivity contribution >= 4 is 17.0 Å². The van der Waals surface area contributed by atoms with Crippen molar-refractivity contribution in [1.29, 1.82) is 0 Å². The van der Waals surface area contributed by atoms with E-state index in [0.29, 0.717) is 11.0 Å². The molecule has 0 aliphatic rings. The van der Waals surface area contributed by atoms with Crippen molar-refractivity contribution in [1.82, 2.24) is 15.2 Å². The molecule has 2 heterocycles. The molecule has 0 aliphatic heterocycles. The van der Waals surface area contributed by atoms with Crippen LogP contribution in [0.25, 0.3) is 11.0 Å². The first-order chi connectivity index (χ1) is 6.29. The number of carboxylic acids is 1. The lowest BCUT2D eigenvalue weighted by Crippen LogP contribution is -2.01. The molecular weight excluding hydrogens is 170 g/mol. The van der Waals surface area contributed by atoms with Gasteiger partial charge in [0.25, 0.3) is 0 Å². The maximum Gasteiger partial charge on any atom is 0.339 e. The van der Waals surface area contributed by atoms with E-state index in [4.69, 9.17) is 5.11 Å². The zero-order chi connectivity index (χ0) is 9.26. The molecule has 0 bridgehead atoms. The molecule has 0 radical (unpaired) electrons. The SMILES string of the molecule is O=C(O)c1cnnc2cccnc12. The second kappa shape index (κ2) is 2.78. The van der Waals surface area contributed by atoms with Crippen LogP contribution in [0, 0.1) is 0 Å². The summed E-state index contributed by atoms with van der Waals surface area (Å²) in [6, 6.07) is 3.35. The standard InChI is InChI=1S/C8H5N3O2/c12-8(13)5-4-10-11-6-2-1-3-9-7(5)6/h1-4H,(H,12,13). The fourth-order valence-electron chi connectivity index (χ4n) is 1.05. The molecule has 0 aliphatic carbocycles. The van der Waals surface area contributed by atoms with Crippen LogP contribution in [-0.4, -0.2) is 26.3 Å². The number of aromatic nitrogens is 3. The van der Waals surface area contributed by atoms with Crippen LogP contribution in [0.3, 0.4) is 0 Å². The minimum absolute atomic E-state index is 0.0746. The summed E-state index contributed by atoms with van der Waals surface area (Å²) in [6.07, 6.45) is 2.72. The molecule has 5 nitrogen and oxygen atoms in total. The van der Waals surface area contributed by atoms with Gasteiger partial charge in [0.1, 0.15) is 16.6 Å². The lowest BCUT2D eigenvalue weighted by atomic mass is 10.2. The zero-order valence-electron chi connectivity index (χ0n) is 6.51. The van der Waals surface area contributed by atoms with Crippen LogP contribution >= 0.6 is 0 Å². The Balaban J connectivity index is 2.83. The monoisotopic (exact) mass is 175 g/mol. The number of rotatable bonds is 1. The average Bonchev–Trinajstić information content (AvgIpc) is 2.17. The number of fused-ring (bicyclic) bond motifs is 1. The van der Waals surface area contributed by atoms with Crippen LogP contribution in [0.2, 0.25) is 0 Å². The topological polar surface area (TPSA) is 76.0 Å². The average molecular weight is 175 g/mol. The Morgan fingerprint density at radius 1 is 1.46 bits per heavy atom. The van der Waals surface area contributed by atoms with Gasteiger partial charge in [0.15, 0.2) is 0 Å². The highest BCUT2D eigenvalue weighted by Crippen LogP contribution is 2.11. The Morgan fingerprint density at radius 2 is 2.31 bits per heavy atom. The van der Waals surface area contributed by atoms with Crippen LogP contribution in [0.15, 0.2) is 24.5 Å². The predicted molar refractivity (Wildman–Crippen MR) is 44.3 cm³/mol. The van der Waals surface area contributed by atoms with E-state index in [0.717, 1.165) is 0 Å². The number of pyridine rings is 1. The van der Waals surface area contributed by atoms with Crippen LogP contribution in [0.5, 0.6) is 0 Å². The molecule has 0 aromatic carbocycles. The van der Waals surface area contributed by atoms with E-state index in [-0.39, 0.29) is 5.56 Å². The minimum Gasteiger partial charge on any atom is -0.478 e. The van der Waals surface area contributed by atoms with Crippen molar-refractivity contribution in [3.63, 3.8) is 0 Å². The maximum atomic E-state index is 10.7. The Hall–Kier alpha value is -2.04. The normalized spacial score (nSPS) is 10.2. The van der Waals surface area contributed by atoms with E-state index in [2.05, 4.69) is 15.2 Å². The lowest BCUT2D eigenvalue weighted by Gasteiger charge is -1.97. The summed E-state index contributed by atoms with van der Waals surface area (Å²) in [5, 5.41) is 16.1. The number of carbonyl (C=O) groups is 1. The van der Waals surface area contributed by atoms with Crippen LogP contribution in [0.4, 0.5) is 0 Å². The second-order valence-corrected chi connectivity index (χ2v) is 2.43. The summed E-state index contributed by atoms with van der Waals surface area (Å²) in [4.78, 5) is 14.6. The molecule has 0 amide bonds. The van der Waals surface area contributed by atoms with Gasteiger partial charge in [-0.15, -0.1) is 5.10 Å². The van der Waals surface area contributed by atoms with E-state index in [9.17, 15) is 4.79 Å². The molecule has 0 atom stereocenters. The summed E-state index contributed by atoms with van der Waals surface area (Å²) < 4.78 is 0. The second-order valence-electron chi connectivity index (χ2n) is 2.43. The van der Waals surface area contributed by atoms with Crippen molar-refractivity contribution in [2.75, 3.05) is 0 Å². The van der Waals surface area contributed by atoms with Gasteiger partial charge in [-0.3, -0.25) is 4.98 Å². The number of nitrogens with zero attached hydrogens (tertiary/aromatic N) is 3. The molecule has 0 fully saturated rings. The minimum atomic E-state index is -1.04. The Labute approximate surface area is 73.1 Å². The predicted octanol–water partition coefficient (Wildman–Crippen LogP) is 0.723. The molecule has 2 aromatic rings. The van der Waals surface area contributed by atoms with Crippen molar-refractivity contribution < 1.29 is 9.90 Å². The van der Waals surface area contributed by atoms with E-state index >= 15 is 0 Å². The third-order valence-electron chi connectivity index (χ3n) is 1.62. The van der Waals surface area contributed by atoms with Gasteiger partial charge in [-0.2, -0.15) is 5.10 Å². The van der Waals surface area contributed by atoms with Crippen LogP contribution in [0.1, 0.15) is 10.4 Å². The summed E-state index contributed by atoms with van der Waals surface area (Å²) in [7, 11) is 0. The molecule has 0 spiro atoms. The lowest BCUT2D eigenvalue weighted by molar-refractivity contribution is 0.0698. The van der Waals surface area contributed by atoms with Gasteiger partial charge >= 0.3 is 5.97 Å². The zero-order valence-corrected chi connectivity index (χ0v) is 6.51. The molecule has 0 unspecified atom stereocenters. The number of hydrogen-bond donors (Lipinski definition) is 1. The molecule has 1 N–H and O–H groups in total. The van der Waals surface area contributed by atoms with E-state index < -0.39 is 5.97 Å². The van der Waals surface area contributed by atoms with Gasteiger partial charge in [0.2, 0.25) is 0 Å². The van der Waals surface area contributed by atoms with Crippen LogP contribution < -0.4 is 0 Å². The van der Waals surface area contributed by atoms with E-state index in [1.807, 2.05) is 0 Å². The van der Waals surface area contributed by atoms with Crippen molar-refractivity contribution in [2.24, 2.45) is 0 Å². The quantitative estimate of drug-likeness (QED) is 0.691. The van der Waals surface area contributed by atoms with Gasteiger partial charge in [-0.1, -0.05) is 0 Å². The molecule has 2 rings (SSSR count). The highest BCUT2D eigenvalue weighted by atomic mass is 16.4. The molecule has 2 aromatic heterocycles. The first kappa shape index (κ1) is 7.60. The van der Waals surface area contributed by atoms with Gasteiger partial charge in [-0.05, 0) is 12.1 Å².